The average molecular weight is 227 g/mol. The predicted molar refractivity (Wildman–Crippen MR) is 66.2 cm³/mol. The van der Waals surface area contributed by atoms with Crippen molar-refractivity contribution in [1.29, 1.82) is 0 Å². The lowest BCUT2D eigenvalue weighted by Gasteiger charge is -2.26. The molecule has 0 radical (unpaired) electrons. The van der Waals surface area contributed by atoms with Crippen LogP contribution in [0.4, 0.5) is 0 Å². The van der Waals surface area contributed by atoms with Gasteiger partial charge in [0.05, 0.1) is 6.04 Å². The molecule has 2 unspecified atom stereocenters. The molecule has 4 heteroatoms. The van der Waals surface area contributed by atoms with E-state index in [1.165, 1.54) is 0 Å². The first-order chi connectivity index (χ1) is 7.63. The largest absolute Gasteiger partial charge is 0.340 e. The molecule has 1 saturated heterocycles. The van der Waals surface area contributed by atoms with Crippen molar-refractivity contribution in [2.45, 2.75) is 45.7 Å². The van der Waals surface area contributed by atoms with Crippen LogP contribution in [0.2, 0.25) is 0 Å². The van der Waals surface area contributed by atoms with Gasteiger partial charge in [0.15, 0.2) is 0 Å². The summed E-state index contributed by atoms with van der Waals surface area (Å²) in [4.78, 5) is 16.3. The highest BCUT2D eigenvalue weighted by Gasteiger charge is 2.30. The molecule has 0 aromatic rings. The van der Waals surface area contributed by atoms with Crippen LogP contribution in [-0.4, -0.2) is 54.0 Å². The first-order valence-electron chi connectivity index (χ1n) is 6.42. The van der Waals surface area contributed by atoms with Gasteiger partial charge in [-0.2, -0.15) is 0 Å². The van der Waals surface area contributed by atoms with Gasteiger partial charge in [0, 0.05) is 19.1 Å². The number of nitrogens with zero attached hydrogens (tertiary/aromatic N) is 2. The van der Waals surface area contributed by atoms with Gasteiger partial charge in [-0.25, -0.2) is 0 Å². The van der Waals surface area contributed by atoms with E-state index in [9.17, 15) is 4.79 Å². The van der Waals surface area contributed by atoms with Gasteiger partial charge in [0.25, 0.3) is 0 Å². The standard InChI is InChI=1S/C12H25N3O/c1-4-11(13)12(16)15-8-7-10(9-15)14(5-2)6-3/h10-11H,4-9,13H2,1-3H3. The van der Waals surface area contributed by atoms with Crippen LogP contribution in [-0.2, 0) is 4.79 Å². The smallest absolute Gasteiger partial charge is 0.239 e. The summed E-state index contributed by atoms with van der Waals surface area (Å²) < 4.78 is 0. The number of likely N-dealkylation sites (N-methyl/N-ethyl adjacent to an activating group) is 1. The number of carbonyl (C=O) groups excluding carboxylic acids is 1. The molecule has 0 bridgehead atoms. The molecule has 1 aliphatic heterocycles. The van der Waals surface area contributed by atoms with E-state index in [1.54, 1.807) is 0 Å². The first kappa shape index (κ1) is 13.5. The van der Waals surface area contributed by atoms with Crippen LogP contribution in [0.15, 0.2) is 0 Å². The Kier molecular flexibility index (Phi) is 5.22. The predicted octanol–water partition coefficient (Wildman–Crippen LogP) is 0.666. The van der Waals surface area contributed by atoms with Gasteiger partial charge in [-0.1, -0.05) is 20.8 Å². The summed E-state index contributed by atoms with van der Waals surface area (Å²) in [5, 5.41) is 0. The number of hydrogen-bond donors (Lipinski definition) is 1. The summed E-state index contributed by atoms with van der Waals surface area (Å²) in [5.41, 5.74) is 5.78. The molecule has 1 rings (SSSR count). The Morgan fingerprint density at radius 3 is 2.56 bits per heavy atom. The fourth-order valence-electron chi connectivity index (χ4n) is 2.39. The monoisotopic (exact) mass is 227 g/mol. The molecule has 1 heterocycles. The van der Waals surface area contributed by atoms with Gasteiger partial charge in [0.1, 0.15) is 0 Å². The Labute approximate surface area is 98.8 Å². The number of rotatable bonds is 5. The average Bonchev–Trinajstić information content (AvgIpc) is 2.78. The minimum absolute atomic E-state index is 0.122. The molecular formula is C12H25N3O. The summed E-state index contributed by atoms with van der Waals surface area (Å²) >= 11 is 0. The first-order valence-corrected chi connectivity index (χ1v) is 6.42. The van der Waals surface area contributed by atoms with E-state index >= 15 is 0 Å². The number of carbonyl (C=O) groups is 1. The van der Waals surface area contributed by atoms with E-state index in [2.05, 4.69) is 18.7 Å². The minimum Gasteiger partial charge on any atom is -0.340 e. The van der Waals surface area contributed by atoms with Crippen molar-refractivity contribution < 1.29 is 4.79 Å². The molecule has 0 aromatic carbocycles. The Hall–Kier alpha value is -0.610. The normalized spacial score (nSPS) is 22.8. The highest BCUT2D eigenvalue weighted by Crippen LogP contribution is 2.16. The van der Waals surface area contributed by atoms with Crippen molar-refractivity contribution in [3.63, 3.8) is 0 Å². The van der Waals surface area contributed by atoms with Crippen LogP contribution in [0.5, 0.6) is 0 Å². The number of nitrogens with two attached hydrogens (primary N) is 1. The summed E-state index contributed by atoms with van der Waals surface area (Å²) in [7, 11) is 0. The van der Waals surface area contributed by atoms with E-state index in [-0.39, 0.29) is 11.9 Å². The maximum absolute atomic E-state index is 11.9. The van der Waals surface area contributed by atoms with E-state index in [0.29, 0.717) is 6.04 Å². The van der Waals surface area contributed by atoms with Crippen LogP contribution in [0.1, 0.15) is 33.6 Å². The zero-order valence-corrected chi connectivity index (χ0v) is 10.8. The lowest BCUT2D eigenvalue weighted by Crippen LogP contribution is -2.44. The van der Waals surface area contributed by atoms with E-state index in [1.807, 2.05) is 11.8 Å². The van der Waals surface area contributed by atoms with Crippen molar-refractivity contribution >= 4 is 5.91 Å². The Morgan fingerprint density at radius 2 is 2.06 bits per heavy atom. The number of hydrogen-bond acceptors (Lipinski definition) is 3. The Balaban J connectivity index is 2.48. The third kappa shape index (κ3) is 2.95. The van der Waals surface area contributed by atoms with Crippen LogP contribution in [0, 0.1) is 0 Å². The Morgan fingerprint density at radius 1 is 1.44 bits per heavy atom. The van der Waals surface area contributed by atoms with Gasteiger partial charge < -0.3 is 10.6 Å². The van der Waals surface area contributed by atoms with Gasteiger partial charge >= 0.3 is 0 Å². The molecule has 1 aliphatic rings. The minimum atomic E-state index is -0.310. The summed E-state index contributed by atoms with van der Waals surface area (Å²) in [6.07, 6.45) is 1.81. The Bertz CT molecular complexity index is 228. The zero-order valence-electron chi connectivity index (χ0n) is 10.8. The van der Waals surface area contributed by atoms with Crippen LogP contribution >= 0.6 is 0 Å². The molecule has 0 aromatic heterocycles. The zero-order chi connectivity index (χ0) is 12.1. The summed E-state index contributed by atoms with van der Waals surface area (Å²) in [6.45, 7) is 10.1. The van der Waals surface area contributed by atoms with E-state index in [4.69, 9.17) is 5.73 Å². The maximum Gasteiger partial charge on any atom is 0.239 e. The van der Waals surface area contributed by atoms with E-state index < -0.39 is 0 Å². The SMILES string of the molecule is CCC(N)C(=O)N1CCC(N(CC)CC)C1. The van der Waals surface area contributed by atoms with Crippen LogP contribution in [0.3, 0.4) is 0 Å². The molecule has 0 saturated carbocycles. The second-order valence-electron chi connectivity index (χ2n) is 4.46. The lowest BCUT2D eigenvalue weighted by molar-refractivity contribution is -0.131. The van der Waals surface area contributed by atoms with Gasteiger partial charge in [-0.15, -0.1) is 0 Å². The molecule has 2 N–H and O–H groups in total. The number of likely N-dealkylation sites (tertiary alicyclic amines) is 1. The van der Waals surface area contributed by atoms with Gasteiger partial charge in [0.2, 0.25) is 5.91 Å². The van der Waals surface area contributed by atoms with Crippen LogP contribution in [0.25, 0.3) is 0 Å². The molecule has 94 valence electrons. The van der Waals surface area contributed by atoms with Crippen molar-refractivity contribution in [2.75, 3.05) is 26.2 Å². The van der Waals surface area contributed by atoms with E-state index in [0.717, 1.165) is 39.0 Å². The fourth-order valence-corrected chi connectivity index (χ4v) is 2.39. The third-order valence-electron chi connectivity index (χ3n) is 3.56. The summed E-state index contributed by atoms with van der Waals surface area (Å²) in [6, 6.07) is 0.221. The molecule has 1 fully saturated rings. The molecule has 16 heavy (non-hydrogen) atoms. The fraction of sp³-hybridized carbons (Fsp3) is 0.917. The van der Waals surface area contributed by atoms with Gasteiger partial charge in [-0.05, 0) is 25.9 Å². The molecule has 4 nitrogen and oxygen atoms in total. The van der Waals surface area contributed by atoms with Crippen molar-refractivity contribution in [3.8, 4) is 0 Å². The van der Waals surface area contributed by atoms with Crippen molar-refractivity contribution in [3.05, 3.63) is 0 Å². The highest BCUT2D eigenvalue weighted by atomic mass is 16.2. The molecule has 0 spiro atoms. The summed E-state index contributed by atoms with van der Waals surface area (Å²) in [5.74, 6) is 0.122. The second-order valence-corrected chi connectivity index (χ2v) is 4.46. The van der Waals surface area contributed by atoms with Crippen molar-refractivity contribution in [2.24, 2.45) is 5.73 Å². The molecular weight excluding hydrogens is 202 g/mol. The quantitative estimate of drug-likeness (QED) is 0.751. The molecule has 1 amide bonds. The topological polar surface area (TPSA) is 49.6 Å². The highest BCUT2D eigenvalue weighted by molar-refractivity contribution is 5.81. The second kappa shape index (κ2) is 6.21. The maximum atomic E-state index is 11.9. The van der Waals surface area contributed by atoms with Crippen LogP contribution < -0.4 is 5.73 Å². The van der Waals surface area contributed by atoms with Gasteiger partial charge in [-0.3, -0.25) is 9.69 Å². The third-order valence-corrected chi connectivity index (χ3v) is 3.56. The number of amides is 1. The lowest BCUT2D eigenvalue weighted by atomic mass is 10.2. The molecule has 0 aliphatic carbocycles. The molecule has 2 atom stereocenters. The van der Waals surface area contributed by atoms with Crippen molar-refractivity contribution in [1.82, 2.24) is 9.80 Å².